The summed E-state index contributed by atoms with van der Waals surface area (Å²) in [6.45, 7) is 12.2. The molecule has 0 bridgehead atoms. The first-order valence-corrected chi connectivity index (χ1v) is 5.62. The van der Waals surface area contributed by atoms with Crippen LogP contribution in [0.4, 0.5) is 0 Å². The van der Waals surface area contributed by atoms with Crippen molar-refractivity contribution in [2.24, 2.45) is 17.3 Å². The first kappa shape index (κ1) is 12.3. The summed E-state index contributed by atoms with van der Waals surface area (Å²) < 4.78 is 5.25. The number of rotatable bonds is 3. The fourth-order valence-corrected chi connectivity index (χ4v) is 2.10. The van der Waals surface area contributed by atoms with Gasteiger partial charge in [-0.05, 0) is 39.0 Å². The quantitative estimate of drug-likeness (QED) is 0.528. The Labute approximate surface area is 92.7 Å². The van der Waals surface area contributed by atoms with E-state index in [0.717, 1.165) is 0 Å². The molecule has 2 heteroatoms. The number of hydrogen-bond donors (Lipinski definition) is 0. The fourth-order valence-electron chi connectivity index (χ4n) is 2.10. The molecule has 1 fully saturated rings. The molecule has 0 amide bonds. The summed E-state index contributed by atoms with van der Waals surface area (Å²) in [5.74, 6) is 0.362. The molecule has 1 aliphatic rings. The van der Waals surface area contributed by atoms with E-state index in [4.69, 9.17) is 4.74 Å². The molecule has 0 heterocycles. The van der Waals surface area contributed by atoms with Crippen molar-refractivity contribution in [3.8, 4) is 0 Å². The molecule has 0 aromatic heterocycles. The summed E-state index contributed by atoms with van der Waals surface area (Å²) in [5, 5.41) is 0. The maximum Gasteiger partial charge on any atom is 0.310 e. The molecule has 0 spiro atoms. The van der Waals surface area contributed by atoms with E-state index in [1.54, 1.807) is 0 Å². The molecule has 1 rings (SSSR count). The number of carbonyl (C=O) groups excluding carboxylic acids is 1. The lowest BCUT2D eigenvalue weighted by Gasteiger charge is -2.08. The van der Waals surface area contributed by atoms with Gasteiger partial charge in [0.15, 0.2) is 0 Å². The van der Waals surface area contributed by atoms with Gasteiger partial charge in [0, 0.05) is 0 Å². The predicted octanol–water partition coefficient (Wildman–Crippen LogP) is 3.18. The lowest BCUT2D eigenvalue weighted by Crippen LogP contribution is -2.15. The lowest BCUT2D eigenvalue weighted by atomic mass is 10.1. The Balaban J connectivity index is 2.66. The minimum absolute atomic E-state index is 0.0127. The van der Waals surface area contributed by atoms with Crippen LogP contribution in [-0.2, 0) is 9.53 Å². The zero-order chi connectivity index (χ0) is 11.8. The highest BCUT2D eigenvalue weighted by atomic mass is 16.5. The van der Waals surface area contributed by atoms with E-state index in [1.807, 2.05) is 13.8 Å². The minimum atomic E-state index is -0.0440. The van der Waals surface area contributed by atoms with Gasteiger partial charge in [0.2, 0.25) is 0 Å². The summed E-state index contributed by atoms with van der Waals surface area (Å²) in [6, 6.07) is 0. The van der Waals surface area contributed by atoms with Crippen molar-refractivity contribution in [2.75, 3.05) is 0 Å². The molecule has 86 valence electrons. The van der Waals surface area contributed by atoms with Crippen LogP contribution in [0, 0.1) is 17.3 Å². The molecule has 0 saturated heterocycles. The second-order valence-corrected chi connectivity index (χ2v) is 5.55. The minimum Gasteiger partial charge on any atom is -0.463 e. The zero-order valence-corrected chi connectivity index (χ0v) is 10.6. The van der Waals surface area contributed by atoms with Crippen LogP contribution in [0.25, 0.3) is 0 Å². The molecule has 0 aromatic rings. The van der Waals surface area contributed by atoms with E-state index < -0.39 is 0 Å². The average molecular weight is 210 g/mol. The number of esters is 1. The Kier molecular flexibility index (Phi) is 3.27. The van der Waals surface area contributed by atoms with Gasteiger partial charge in [-0.25, -0.2) is 0 Å². The highest BCUT2D eigenvalue weighted by molar-refractivity contribution is 5.78. The van der Waals surface area contributed by atoms with Crippen LogP contribution in [-0.4, -0.2) is 12.1 Å². The number of ether oxygens (including phenoxy) is 1. The first-order chi connectivity index (χ1) is 6.76. The molecule has 2 nitrogen and oxygen atoms in total. The van der Waals surface area contributed by atoms with Crippen molar-refractivity contribution in [1.29, 1.82) is 0 Å². The molecule has 1 aliphatic carbocycles. The van der Waals surface area contributed by atoms with Gasteiger partial charge in [0.05, 0.1) is 12.0 Å². The van der Waals surface area contributed by atoms with Gasteiger partial charge in [-0.3, -0.25) is 4.79 Å². The van der Waals surface area contributed by atoms with E-state index in [0.29, 0.717) is 5.92 Å². The molecular weight excluding hydrogens is 188 g/mol. The summed E-state index contributed by atoms with van der Waals surface area (Å²) in [6.07, 6.45) is 2.17. The van der Waals surface area contributed by atoms with Gasteiger partial charge in [-0.15, -0.1) is 0 Å². The van der Waals surface area contributed by atoms with Crippen LogP contribution in [0.15, 0.2) is 11.6 Å². The number of hydrogen-bond acceptors (Lipinski definition) is 2. The molecule has 0 radical (unpaired) electrons. The lowest BCUT2D eigenvalue weighted by molar-refractivity contribution is -0.150. The maximum atomic E-state index is 11.8. The van der Waals surface area contributed by atoms with Crippen molar-refractivity contribution in [2.45, 2.75) is 47.6 Å². The van der Waals surface area contributed by atoms with Crippen molar-refractivity contribution in [3.63, 3.8) is 0 Å². The SMILES string of the molecule is CC(C)=C[C@@H]1[C@H](C(=O)OC(C)C)C1(C)C. The number of carbonyl (C=O) groups is 1. The molecule has 2 atom stereocenters. The van der Waals surface area contributed by atoms with Crippen LogP contribution in [0.3, 0.4) is 0 Å². The maximum absolute atomic E-state index is 11.8. The monoisotopic (exact) mass is 210 g/mol. The fraction of sp³-hybridized carbons (Fsp3) is 0.769. The third-order valence-corrected chi connectivity index (χ3v) is 3.03. The second kappa shape index (κ2) is 3.99. The Morgan fingerprint density at radius 2 is 1.87 bits per heavy atom. The van der Waals surface area contributed by atoms with Gasteiger partial charge >= 0.3 is 5.97 Å². The van der Waals surface area contributed by atoms with Crippen molar-refractivity contribution < 1.29 is 9.53 Å². The zero-order valence-electron chi connectivity index (χ0n) is 10.6. The van der Waals surface area contributed by atoms with Gasteiger partial charge in [0.25, 0.3) is 0 Å². The normalized spacial score (nSPS) is 27.4. The summed E-state index contributed by atoms with van der Waals surface area (Å²) in [4.78, 5) is 11.8. The summed E-state index contributed by atoms with van der Waals surface area (Å²) in [5.41, 5.74) is 1.34. The highest BCUT2D eigenvalue weighted by Gasteiger charge is 2.61. The van der Waals surface area contributed by atoms with Crippen molar-refractivity contribution in [3.05, 3.63) is 11.6 Å². The van der Waals surface area contributed by atoms with Gasteiger partial charge in [-0.2, -0.15) is 0 Å². The third-order valence-electron chi connectivity index (χ3n) is 3.03. The molecule has 15 heavy (non-hydrogen) atoms. The van der Waals surface area contributed by atoms with Crippen LogP contribution in [0.2, 0.25) is 0 Å². The van der Waals surface area contributed by atoms with Crippen LogP contribution in [0.1, 0.15) is 41.5 Å². The Hall–Kier alpha value is -0.790. The number of allylic oxidation sites excluding steroid dienone is 2. The van der Waals surface area contributed by atoms with E-state index in [9.17, 15) is 4.79 Å². The molecular formula is C13H22O2. The smallest absolute Gasteiger partial charge is 0.310 e. The van der Waals surface area contributed by atoms with E-state index in [-0.39, 0.29) is 23.4 Å². The topological polar surface area (TPSA) is 26.3 Å². The Bertz CT molecular complexity index is 283. The van der Waals surface area contributed by atoms with Crippen molar-refractivity contribution in [1.82, 2.24) is 0 Å². The largest absolute Gasteiger partial charge is 0.463 e. The first-order valence-electron chi connectivity index (χ1n) is 5.62. The molecule has 1 saturated carbocycles. The average Bonchev–Trinajstić information content (AvgIpc) is 2.49. The molecule has 0 aromatic carbocycles. The summed E-state index contributed by atoms with van der Waals surface area (Å²) >= 11 is 0. The van der Waals surface area contributed by atoms with E-state index in [1.165, 1.54) is 5.57 Å². The molecule has 0 N–H and O–H groups in total. The van der Waals surface area contributed by atoms with Gasteiger partial charge in [-0.1, -0.05) is 25.5 Å². The molecule has 0 unspecified atom stereocenters. The van der Waals surface area contributed by atoms with Crippen LogP contribution in [0.5, 0.6) is 0 Å². The van der Waals surface area contributed by atoms with Crippen LogP contribution >= 0.6 is 0 Å². The predicted molar refractivity (Wildman–Crippen MR) is 61.4 cm³/mol. The summed E-state index contributed by atoms with van der Waals surface area (Å²) in [7, 11) is 0. The second-order valence-electron chi connectivity index (χ2n) is 5.55. The van der Waals surface area contributed by atoms with Gasteiger partial charge in [0.1, 0.15) is 0 Å². The molecule has 0 aliphatic heterocycles. The highest BCUT2D eigenvalue weighted by Crippen LogP contribution is 2.59. The van der Waals surface area contributed by atoms with Gasteiger partial charge < -0.3 is 4.74 Å². The standard InChI is InChI=1S/C13H22O2/c1-8(2)7-10-11(13(10,5)6)12(14)15-9(3)4/h7,9-11H,1-6H3/t10-,11-/m1/s1. The van der Waals surface area contributed by atoms with E-state index >= 15 is 0 Å². The van der Waals surface area contributed by atoms with Crippen molar-refractivity contribution >= 4 is 5.97 Å². The Morgan fingerprint density at radius 1 is 1.33 bits per heavy atom. The third kappa shape index (κ3) is 2.61. The van der Waals surface area contributed by atoms with Crippen LogP contribution < -0.4 is 0 Å². The van der Waals surface area contributed by atoms with E-state index in [2.05, 4.69) is 33.8 Å². The Morgan fingerprint density at radius 3 is 2.27 bits per heavy atom.